The van der Waals surface area contributed by atoms with Gasteiger partial charge in [0.25, 0.3) is 0 Å². The molecule has 88 valence electrons. The summed E-state index contributed by atoms with van der Waals surface area (Å²) in [6.07, 6.45) is 1.53. The summed E-state index contributed by atoms with van der Waals surface area (Å²) in [5, 5.41) is 3.46. The van der Waals surface area contributed by atoms with Crippen LogP contribution in [-0.4, -0.2) is 45.7 Å². The van der Waals surface area contributed by atoms with Crippen molar-refractivity contribution in [2.45, 2.75) is 25.8 Å². The highest BCUT2D eigenvalue weighted by molar-refractivity contribution is 7.91. The molecule has 0 aromatic carbocycles. The molecule has 2 aliphatic rings. The van der Waals surface area contributed by atoms with E-state index in [1.165, 1.54) is 0 Å². The Morgan fingerprint density at radius 2 is 1.93 bits per heavy atom. The predicted octanol–water partition coefficient (Wildman–Crippen LogP) is 0.190. The van der Waals surface area contributed by atoms with Gasteiger partial charge in [-0.25, -0.2) is 8.42 Å². The second-order valence-electron chi connectivity index (χ2n) is 5.11. The van der Waals surface area contributed by atoms with Crippen molar-refractivity contribution in [3.63, 3.8) is 0 Å². The van der Waals surface area contributed by atoms with Crippen molar-refractivity contribution >= 4 is 9.84 Å². The molecule has 1 N–H and O–H groups in total. The van der Waals surface area contributed by atoms with E-state index in [-0.39, 0.29) is 5.41 Å². The molecule has 4 nitrogen and oxygen atoms in total. The van der Waals surface area contributed by atoms with E-state index < -0.39 is 9.84 Å². The summed E-state index contributed by atoms with van der Waals surface area (Å²) < 4.78 is 27.6. The zero-order valence-electron chi connectivity index (χ0n) is 9.16. The number of sulfone groups is 1. The minimum atomic E-state index is -2.73. The first-order valence-electron chi connectivity index (χ1n) is 5.51. The van der Waals surface area contributed by atoms with Crippen LogP contribution >= 0.6 is 0 Å². The van der Waals surface area contributed by atoms with Crippen molar-refractivity contribution in [2.24, 2.45) is 5.41 Å². The molecule has 15 heavy (non-hydrogen) atoms. The van der Waals surface area contributed by atoms with E-state index in [0.29, 0.717) is 17.5 Å². The molecule has 0 bridgehead atoms. The molecule has 0 atom stereocenters. The van der Waals surface area contributed by atoms with Crippen LogP contribution in [0, 0.1) is 5.41 Å². The average molecular weight is 233 g/mol. The Morgan fingerprint density at radius 3 is 2.40 bits per heavy atom. The van der Waals surface area contributed by atoms with Crippen LogP contribution in [0.15, 0.2) is 0 Å². The van der Waals surface area contributed by atoms with Crippen molar-refractivity contribution < 1.29 is 13.2 Å². The lowest BCUT2D eigenvalue weighted by Crippen LogP contribution is -2.50. The van der Waals surface area contributed by atoms with Crippen LogP contribution in [0.2, 0.25) is 0 Å². The largest absolute Gasteiger partial charge is 0.380 e. The van der Waals surface area contributed by atoms with E-state index in [9.17, 15) is 8.42 Å². The van der Waals surface area contributed by atoms with Crippen molar-refractivity contribution in [1.29, 1.82) is 0 Å². The van der Waals surface area contributed by atoms with E-state index in [4.69, 9.17) is 4.74 Å². The van der Waals surface area contributed by atoms with Crippen molar-refractivity contribution in [3.05, 3.63) is 0 Å². The third kappa shape index (κ3) is 2.92. The van der Waals surface area contributed by atoms with Gasteiger partial charge in [0.1, 0.15) is 9.84 Å². The minimum Gasteiger partial charge on any atom is -0.380 e. The minimum absolute atomic E-state index is 0.274. The monoisotopic (exact) mass is 233 g/mol. The van der Waals surface area contributed by atoms with Crippen LogP contribution in [0.25, 0.3) is 0 Å². The molecular formula is C10H19NO3S. The van der Waals surface area contributed by atoms with Gasteiger partial charge in [0.15, 0.2) is 0 Å². The van der Waals surface area contributed by atoms with Gasteiger partial charge < -0.3 is 10.1 Å². The van der Waals surface area contributed by atoms with Crippen molar-refractivity contribution in [3.8, 4) is 0 Å². The molecule has 2 aliphatic heterocycles. The Morgan fingerprint density at radius 1 is 1.33 bits per heavy atom. The van der Waals surface area contributed by atoms with Gasteiger partial charge in [-0.05, 0) is 12.8 Å². The quantitative estimate of drug-likeness (QED) is 0.756. The molecular weight excluding hydrogens is 214 g/mol. The number of hydrogen-bond acceptors (Lipinski definition) is 4. The van der Waals surface area contributed by atoms with Gasteiger partial charge in [0.2, 0.25) is 0 Å². The summed E-state index contributed by atoms with van der Waals surface area (Å²) in [6.45, 7) is 4.79. The van der Waals surface area contributed by atoms with Crippen molar-refractivity contribution in [2.75, 3.05) is 31.3 Å². The average Bonchev–Trinajstić information content (AvgIpc) is 2.13. The number of hydrogen-bond donors (Lipinski definition) is 1. The molecule has 2 rings (SSSR count). The summed E-state index contributed by atoms with van der Waals surface area (Å²) in [6, 6.07) is 0.381. The molecule has 0 aliphatic carbocycles. The number of rotatable bonds is 3. The van der Waals surface area contributed by atoms with Gasteiger partial charge >= 0.3 is 0 Å². The molecule has 0 unspecified atom stereocenters. The Labute approximate surface area is 91.3 Å². The highest BCUT2D eigenvalue weighted by Crippen LogP contribution is 2.26. The van der Waals surface area contributed by atoms with E-state index in [2.05, 4.69) is 12.2 Å². The number of nitrogens with one attached hydrogen (secondary N) is 1. The van der Waals surface area contributed by atoms with Gasteiger partial charge in [-0.1, -0.05) is 6.92 Å². The Balaban J connectivity index is 1.73. The van der Waals surface area contributed by atoms with Crippen LogP contribution in [0.1, 0.15) is 19.8 Å². The van der Waals surface area contributed by atoms with Gasteiger partial charge in [0.05, 0.1) is 24.7 Å². The molecule has 0 aromatic rings. The molecule has 0 aromatic heterocycles. The van der Waals surface area contributed by atoms with E-state index in [1.807, 2.05) is 0 Å². The topological polar surface area (TPSA) is 55.4 Å². The fourth-order valence-corrected chi connectivity index (χ4v) is 3.53. The van der Waals surface area contributed by atoms with Crippen molar-refractivity contribution in [1.82, 2.24) is 5.32 Å². The first kappa shape index (κ1) is 11.4. The number of ether oxygens (including phenoxy) is 1. The molecule has 0 spiro atoms. The standard InChI is InChI=1S/C10H19NO3S/c1-10(7-14-8-10)6-11-9-2-4-15(12,13)5-3-9/h9,11H,2-8H2,1H3. The molecule has 0 saturated carbocycles. The third-order valence-corrected chi connectivity index (χ3v) is 4.99. The van der Waals surface area contributed by atoms with Crippen LogP contribution in [0.4, 0.5) is 0 Å². The van der Waals surface area contributed by atoms with E-state index >= 15 is 0 Å². The lowest BCUT2D eigenvalue weighted by Gasteiger charge is -2.39. The first-order chi connectivity index (χ1) is 6.99. The lowest BCUT2D eigenvalue weighted by atomic mass is 9.88. The zero-order valence-corrected chi connectivity index (χ0v) is 9.98. The van der Waals surface area contributed by atoms with E-state index in [1.54, 1.807) is 0 Å². The fraction of sp³-hybridized carbons (Fsp3) is 1.00. The Kier molecular flexibility index (Phi) is 3.05. The summed E-state index contributed by atoms with van der Waals surface area (Å²) in [5.74, 6) is 0.690. The maximum Gasteiger partial charge on any atom is 0.150 e. The second-order valence-corrected chi connectivity index (χ2v) is 7.41. The molecule has 0 radical (unpaired) electrons. The van der Waals surface area contributed by atoms with Crippen LogP contribution < -0.4 is 5.32 Å². The molecule has 2 fully saturated rings. The van der Waals surface area contributed by atoms with Crippen LogP contribution in [0.3, 0.4) is 0 Å². The normalized spacial score (nSPS) is 29.7. The summed E-state index contributed by atoms with van der Waals surface area (Å²) >= 11 is 0. The molecule has 2 saturated heterocycles. The molecule has 0 amide bonds. The highest BCUT2D eigenvalue weighted by Gasteiger charge is 2.34. The molecule has 2 heterocycles. The lowest BCUT2D eigenvalue weighted by molar-refractivity contribution is -0.100. The Hall–Kier alpha value is -0.130. The third-order valence-electron chi connectivity index (χ3n) is 3.27. The summed E-state index contributed by atoms with van der Waals surface area (Å²) in [5.41, 5.74) is 0.274. The summed E-state index contributed by atoms with van der Waals surface area (Å²) in [4.78, 5) is 0. The van der Waals surface area contributed by atoms with Crippen LogP contribution in [-0.2, 0) is 14.6 Å². The Bertz CT molecular complexity index is 308. The second kappa shape index (κ2) is 4.03. The predicted molar refractivity (Wildman–Crippen MR) is 58.6 cm³/mol. The fourth-order valence-electron chi connectivity index (χ4n) is 2.04. The summed E-state index contributed by atoms with van der Waals surface area (Å²) in [7, 11) is -2.73. The van der Waals surface area contributed by atoms with Gasteiger partial charge in [0, 0.05) is 18.0 Å². The first-order valence-corrected chi connectivity index (χ1v) is 7.33. The van der Waals surface area contributed by atoms with Gasteiger partial charge in [-0.3, -0.25) is 0 Å². The highest BCUT2D eigenvalue weighted by atomic mass is 32.2. The maximum absolute atomic E-state index is 11.2. The zero-order chi connectivity index (χ0) is 10.9. The molecule has 5 heteroatoms. The van der Waals surface area contributed by atoms with E-state index in [0.717, 1.165) is 32.6 Å². The SMILES string of the molecule is CC1(CNC2CCS(=O)(=O)CC2)COC1. The smallest absolute Gasteiger partial charge is 0.150 e. The maximum atomic E-state index is 11.2. The van der Waals surface area contributed by atoms with Crippen LogP contribution in [0.5, 0.6) is 0 Å². The van der Waals surface area contributed by atoms with Gasteiger partial charge in [-0.2, -0.15) is 0 Å². The van der Waals surface area contributed by atoms with Gasteiger partial charge in [-0.15, -0.1) is 0 Å².